The maximum Gasteiger partial charge on any atom is 0.270 e. The molecular formula is C24H16BrFN2O3S. The molecule has 8 heteroatoms. The standard InChI is InChI=1S/C24H16BrFN2O3S/c25-20-13-16(8-11-21(20)31-14-15-6-9-17(26)10-7-15)12-19-22(29)27-24(32)28(23(19)30)18-4-2-1-3-5-18/h1-13H,14H2,(H,27,29,32)/b19-12-. The second-order valence-corrected chi connectivity index (χ2v) is 8.14. The highest BCUT2D eigenvalue weighted by Crippen LogP contribution is 2.29. The molecule has 0 saturated carbocycles. The topological polar surface area (TPSA) is 58.6 Å². The number of carbonyl (C=O) groups is 2. The molecule has 32 heavy (non-hydrogen) atoms. The van der Waals surface area contributed by atoms with E-state index in [2.05, 4.69) is 21.2 Å². The van der Waals surface area contributed by atoms with E-state index in [4.69, 9.17) is 17.0 Å². The molecule has 1 saturated heterocycles. The minimum atomic E-state index is -0.556. The summed E-state index contributed by atoms with van der Waals surface area (Å²) >= 11 is 8.65. The maximum atomic E-state index is 13.0. The van der Waals surface area contributed by atoms with Gasteiger partial charge in [0.1, 0.15) is 23.7 Å². The van der Waals surface area contributed by atoms with Crippen LogP contribution in [0.2, 0.25) is 0 Å². The van der Waals surface area contributed by atoms with Gasteiger partial charge in [0, 0.05) is 0 Å². The molecule has 3 aromatic rings. The third kappa shape index (κ3) is 4.76. The number of hydrogen-bond donors (Lipinski definition) is 1. The second kappa shape index (κ2) is 9.42. The highest BCUT2D eigenvalue weighted by Gasteiger charge is 2.34. The highest BCUT2D eigenvalue weighted by molar-refractivity contribution is 9.10. The number of anilines is 1. The van der Waals surface area contributed by atoms with Crippen molar-refractivity contribution in [3.63, 3.8) is 0 Å². The van der Waals surface area contributed by atoms with E-state index >= 15 is 0 Å². The van der Waals surface area contributed by atoms with E-state index in [1.165, 1.54) is 23.1 Å². The first-order valence-electron chi connectivity index (χ1n) is 9.55. The molecule has 0 unspecified atom stereocenters. The van der Waals surface area contributed by atoms with Gasteiger partial charge < -0.3 is 4.74 Å². The molecule has 4 rings (SSSR count). The van der Waals surface area contributed by atoms with Crippen LogP contribution in [0.15, 0.2) is 82.8 Å². The van der Waals surface area contributed by atoms with Crippen LogP contribution in [-0.2, 0) is 16.2 Å². The van der Waals surface area contributed by atoms with E-state index in [-0.39, 0.29) is 23.1 Å². The Morgan fingerprint density at radius 2 is 1.75 bits per heavy atom. The Morgan fingerprint density at radius 1 is 1.03 bits per heavy atom. The molecule has 0 spiro atoms. The van der Waals surface area contributed by atoms with Crippen LogP contribution in [0.3, 0.4) is 0 Å². The molecule has 0 radical (unpaired) electrons. The molecular weight excluding hydrogens is 495 g/mol. The van der Waals surface area contributed by atoms with Gasteiger partial charge >= 0.3 is 0 Å². The Balaban J connectivity index is 1.55. The zero-order chi connectivity index (χ0) is 22.7. The monoisotopic (exact) mass is 510 g/mol. The van der Waals surface area contributed by atoms with Gasteiger partial charge in [-0.3, -0.25) is 19.8 Å². The van der Waals surface area contributed by atoms with Crippen LogP contribution < -0.4 is 15.0 Å². The van der Waals surface area contributed by atoms with E-state index < -0.39 is 11.8 Å². The number of benzene rings is 3. The Morgan fingerprint density at radius 3 is 2.44 bits per heavy atom. The number of halogens is 2. The molecule has 3 aromatic carbocycles. The summed E-state index contributed by atoms with van der Waals surface area (Å²) in [5.74, 6) is -0.791. The van der Waals surface area contributed by atoms with Crippen molar-refractivity contribution >= 4 is 56.8 Å². The predicted octanol–water partition coefficient (Wildman–Crippen LogP) is 5.00. The normalized spacial score (nSPS) is 15.1. The van der Waals surface area contributed by atoms with Crippen LogP contribution in [0.25, 0.3) is 6.08 Å². The number of nitrogens with one attached hydrogen (secondary N) is 1. The lowest BCUT2D eigenvalue weighted by Gasteiger charge is -2.28. The summed E-state index contributed by atoms with van der Waals surface area (Å²) in [6, 6.07) is 20.1. The van der Waals surface area contributed by atoms with Crippen molar-refractivity contribution in [2.24, 2.45) is 0 Å². The first-order chi connectivity index (χ1) is 15.4. The number of nitrogens with zero attached hydrogens (tertiary/aromatic N) is 1. The predicted molar refractivity (Wildman–Crippen MR) is 128 cm³/mol. The molecule has 1 aliphatic heterocycles. The van der Waals surface area contributed by atoms with Crippen LogP contribution in [0, 0.1) is 5.82 Å². The Kier molecular flexibility index (Phi) is 6.43. The minimum absolute atomic E-state index is 0.0330. The van der Waals surface area contributed by atoms with Crippen molar-refractivity contribution in [2.45, 2.75) is 6.61 Å². The third-order valence-corrected chi connectivity index (χ3v) is 5.59. The van der Waals surface area contributed by atoms with Crippen molar-refractivity contribution in [3.8, 4) is 5.75 Å². The number of thiocarbonyl (C=S) groups is 1. The van der Waals surface area contributed by atoms with Crippen LogP contribution in [0.1, 0.15) is 11.1 Å². The number of amides is 2. The minimum Gasteiger partial charge on any atom is -0.488 e. The SMILES string of the molecule is O=C1NC(=S)N(c2ccccc2)C(=O)/C1=C\c1ccc(OCc2ccc(F)cc2)c(Br)c1. The second-order valence-electron chi connectivity index (χ2n) is 6.90. The number of carbonyl (C=O) groups excluding carboxylic acids is 2. The van der Waals surface area contributed by atoms with Crippen molar-refractivity contribution < 1.29 is 18.7 Å². The van der Waals surface area contributed by atoms with Gasteiger partial charge in [-0.2, -0.15) is 0 Å². The summed E-state index contributed by atoms with van der Waals surface area (Å²) in [7, 11) is 0. The maximum absolute atomic E-state index is 13.0. The van der Waals surface area contributed by atoms with Crippen molar-refractivity contribution in [3.05, 3.63) is 99.8 Å². The molecule has 0 aliphatic carbocycles. The summed E-state index contributed by atoms with van der Waals surface area (Å²) in [5.41, 5.74) is 1.99. The van der Waals surface area contributed by atoms with Gasteiger partial charge in [-0.15, -0.1) is 0 Å². The quantitative estimate of drug-likeness (QED) is 0.298. The number of hydrogen-bond acceptors (Lipinski definition) is 4. The zero-order valence-corrected chi connectivity index (χ0v) is 19.0. The van der Waals surface area contributed by atoms with E-state index in [9.17, 15) is 14.0 Å². The van der Waals surface area contributed by atoms with Gasteiger partial charge in [-0.05, 0) is 81.7 Å². The third-order valence-electron chi connectivity index (χ3n) is 4.69. The van der Waals surface area contributed by atoms with Gasteiger partial charge in [-0.25, -0.2) is 4.39 Å². The molecule has 1 N–H and O–H groups in total. The molecule has 1 heterocycles. The fourth-order valence-corrected chi connectivity index (χ4v) is 3.89. The summed E-state index contributed by atoms with van der Waals surface area (Å²) in [4.78, 5) is 26.8. The van der Waals surface area contributed by atoms with Crippen LogP contribution in [-0.4, -0.2) is 16.9 Å². The molecule has 0 bridgehead atoms. The van der Waals surface area contributed by atoms with Crippen LogP contribution in [0.5, 0.6) is 5.75 Å². The smallest absolute Gasteiger partial charge is 0.270 e. The fraction of sp³-hybridized carbons (Fsp3) is 0.0417. The van der Waals surface area contributed by atoms with Gasteiger partial charge in [0.2, 0.25) is 0 Å². The number of ether oxygens (including phenoxy) is 1. The highest BCUT2D eigenvalue weighted by atomic mass is 79.9. The van der Waals surface area contributed by atoms with Gasteiger partial charge in [0.05, 0.1) is 10.2 Å². The van der Waals surface area contributed by atoms with Crippen LogP contribution >= 0.6 is 28.1 Å². The van der Waals surface area contributed by atoms with Crippen molar-refractivity contribution in [2.75, 3.05) is 4.90 Å². The molecule has 0 atom stereocenters. The summed E-state index contributed by atoms with van der Waals surface area (Å²) in [6.07, 6.45) is 1.50. The van der Waals surface area contributed by atoms with Crippen molar-refractivity contribution in [1.29, 1.82) is 0 Å². The Bertz CT molecular complexity index is 1230. The molecule has 160 valence electrons. The Hall–Kier alpha value is -3.36. The molecule has 1 fully saturated rings. The average molecular weight is 511 g/mol. The van der Waals surface area contributed by atoms with Gasteiger partial charge in [0.25, 0.3) is 11.8 Å². The first kappa shape index (κ1) is 21.9. The van der Waals surface area contributed by atoms with E-state index in [1.807, 2.05) is 6.07 Å². The van der Waals surface area contributed by atoms with Gasteiger partial charge in [0.15, 0.2) is 5.11 Å². The lowest BCUT2D eigenvalue weighted by atomic mass is 10.1. The number of para-hydroxylation sites is 1. The van der Waals surface area contributed by atoms with Crippen molar-refractivity contribution in [1.82, 2.24) is 5.32 Å². The fourth-order valence-electron chi connectivity index (χ4n) is 3.10. The van der Waals surface area contributed by atoms with E-state index in [0.717, 1.165) is 5.56 Å². The number of rotatable bonds is 5. The van der Waals surface area contributed by atoms with Gasteiger partial charge in [-0.1, -0.05) is 36.4 Å². The zero-order valence-electron chi connectivity index (χ0n) is 16.5. The molecule has 5 nitrogen and oxygen atoms in total. The first-order valence-corrected chi connectivity index (χ1v) is 10.8. The lowest BCUT2D eigenvalue weighted by Crippen LogP contribution is -2.54. The summed E-state index contributed by atoms with van der Waals surface area (Å²) in [6.45, 7) is 0.268. The Labute approximate surface area is 197 Å². The van der Waals surface area contributed by atoms with E-state index in [1.54, 1.807) is 54.6 Å². The molecule has 1 aliphatic rings. The summed E-state index contributed by atoms with van der Waals surface area (Å²) in [5, 5.41) is 2.60. The molecule has 0 aromatic heterocycles. The lowest BCUT2D eigenvalue weighted by molar-refractivity contribution is -0.122. The molecule has 2 amide bonds. The van der Waals surface area contributed by atoms with Crippen LogP contribution in [0.4, 0.5) is 10.1 Å². The average Bonchev–Trinajstić information content (AvgIpc) is 2.78. The summed E-state index contributed by atoms with van der Waals surface area (Å²) < 4.78 is 19.5. The largest absolute Gasteiger partial charge is 0.488 e. The van der Waals surface area contributed by atoms with E-state index in [0.29, 0.717) is 21.5 Å².